The molecule has 1 aliphatic heterocycles. The molecule has 0 radical (unpaired) electrons. The van der Waals surface area contributed by atoms with E-state index in [2.05, 4.69) is 20.7 Å². The highest BCUT2D eigenvalue weighted by atomic mass is 32.2. The summed E-state index contributed by atoms with van der Waals surface area (Å²) in [5.74, 6) is 0.700. The molecule has 2 aliphatic rings. The summed E-state index contributed by atoms with van der Waals surface area (Å²) in [6, 6.07) is 12.4. The van der Waals surface area contributed by atoms with E-state index in [1.165, 1.54) is 12.3 Å². The van der Waals surface area contributed by atoms with Crippen molar-refractivity contribution in [3.8, 4) is 0 Å². The summed E-state index contributed by atoms with van der Waals surface area (Å²) in [6.45, 7) is 1.90. The number of nitrogens with zero attached hydrogens (tertiary/aromatic N) is 2. The number of allylic oxidation sites excluding steroid dienone is 1. The molecule has 1 fully saturated rings. The average Bonchev–Trinajstić information content (AvgIpc) is 2.78. The predicted octanol–water partition coefficient (Wildman–Crippen LogP) is 3.62. The molecular formula is C24H30FN3O3S. The van der Waals surface area contributed by atoms with Gasteiger partial charge in [-0.25, -0.2) is 22.5 Å². The van der Waals surface area contributed by atoms with Gasteiger partial charge in [-0.15, -0.1) is 0 Å². The van der Waals surface area contributed by atoms with Crippen molar-refractivity contribution in [3.05, 3.63) is 66.1 Å². The second-order valence-corrected chi connectivity index (χ2v) is 10.4. The Morgan fingerprint density at radius 3 is 2.78 bits per heavy atom. The van der Waals surface area contributed by atoms with Crippen molar-refractivity contribution in [3.63, 3.8) is 0 Å². The normalized spacial score (nSPS) is 24.2. The van der Waals surface area contributed by atoms with Gasteiger partial charge < -0.3 is 9.64 Å². The maximum Gasteiger partial charge on any atom is 0.208 e. The van der Waals surface area contributed by atoms with Crippen LogP contribution in [0.5, 0.6) is 0 Å². The lowest BCUT2D eigenvalue weighted by Gasteiger charge is -2.39. The number of aromatic nitrogens is 1. The van der Waals surface area contributed by atoms with Crippen molar-refractivity contribution in [2.75, 3.05) is 30.9 Å². The predicted molar refractivity (Wildman–Crippen MR) is 124 cm³/mol. The number of ether oxygens (including phenoxy) is 1. The summed E-state index contributed by atoms with van der Waals surface area (Å²) >= 11 is 0. The van der Waals surface area contributed by atoms with Crippen LogP contribution in [-0.2, 0) is 14.8 Å². The third-order valence-corrected chi connectivity index (χ3v) is 6.91. The first-order chi connectivity index (χ1) is 15.4. The Morgan fingerprint density at radius 2 is 2.09 bits per heavy atom. The van der Waals surface area contributed by atoms with Crippen molar-refractivity contribution in [2.45, 2.75) is 37.8 Å². The maximum absolute atomic E-state index is 13.5. The fourth-order valence-corrected chi connectivity index (χ4v) is 5.41. The van der Waals surface area contributed by atoms with Gasteiger partial charge in [0.2, 0.25) is 10.0 Å². The van der Waals surface area contributed by atoms with E-state index < -0.39 is 10.0 Å². The number of nitrogens with one attached hydrogen (secondary N) is 1. The van der Waals surface area contributed by atoms with Crippen LogP contribution in [0.4, 0.5) is 10.2 Å². The highest BCUT2D eigenvalue weighted by Crippen LogP contribution is 2.30. The highest BCUT2D eigenvalue weighted by molar-refractivity contribution is 7.88. The minimum atomic E-state index is -3.30. The van der Waals surface area contributed by atoms with Crippen molar-refractivity contribution in [2.24, 2.45) is 5.92 Å². The van der Waals surface area contributed by atoms with Crippen LogP contribution in [0.15, 0.2) is 54.7 Å². The van der Waals surface area contributed by atoms with Crippen LogP contribution in [0.3, 0.4) is 0 Å². The Hall–Kier alpha value is -2.29. The van der Waals surface area contributed by atoms with Crippen molar-refractivity contribution in [1.82, 2.24) is 9.71 Å². The van der Waals surface area contributed by atoms with E-state index in [4.69, 9.17) is 4.74 Å². The van der Waals surface area contributed by atoms with E-state index in [0.29, 0.717) is 19.6 Å². The first kappa shape index (κ1) is 22.9. The van der Waals surface area contributed by atoms with Crippen LogP contribution in [-0.4, -0.2) is 51.5 Å². The molecule has 1 aliphatic carbocycles. The Morgan fingerprint density at radius 1 is 1.22 bits per heavy atom. The summed E-state index contributed by atoms with van der Waals surface area (Å²) in [6.07, 6.45) is 8.36. The standard InChI is InChI=1S/C24H30FN3O3S/c1-32(29,30)27-23-12-14-28(24-7-2-3-13-26-24)16-20(23)17-31-22-10-8-18(9-11-22)19-5-4-6-21(25)15-19/h2-8,13,15,20,22-23,27H,9-12,14,16-17H2,1H3. The average molecular weight is 460 g/mol. The molecule has 4 rings (SSSR count). The summed E-state index contributed by atoms with van der Waals surface area (Å²) < 4.78 is 46.4. The van der Waals surface area contributed by atoms with E-state index in [1.54, 1.807) is 18.3 Å². The molecule has 3 atom stereocenters. The smallest absolute Gasteiger partial charge is 0.208 e. The van der Waals surface area contributed by atoms with Gasteiger partial charge in [0.25, 0.3) is 0 Å². The molecule has 6 nitrogen and oxygen atoms in total. The summed E-state index contributed by atoms with van der Waals surface area (Å²) in [4.78, 5) is 6.63. The van der Waals surface area contributed by atoms with Crippen LogP contribution in [0, 0.1) is 11.7 Å². The van der Waals surface area contributed by atoms with Crippen molar-refractivity contribution >= 4 is 21.4 Å². The third-order valence-electron chi connectivity index (χ3n) is 6.18. The number of benzene rings is 1. The van der Waals surface area contributed by atoms with Gasteiger partial charge in [-0.2, -0.15) is 0 Å². The van der Waals surface area contributed by atoms with Gasteiger partial charge in [0.1, 0.15) is 11.6 Å². The lowest BCUT2D eigenvalue weighted by molar-refractivity contribution is 0.0164. The van der Waals surface area contributed by atoms with E-state index >= 15 is 0 Å². The maximum atomic E-state index is 13.5. The molecule has 3 unspecified atom stereocenters. The Labute approximate surface area is 189 Å². The van der Waals surface area contributed by atoms with Gasteiger partial charge in [0.05, 0.1) is 19.0 Å². The van der Waals surface area contributed by atoms with Crippen LogP contribution < -0.4 is 9.62 Å². The molecule has 0 bridgehead atoms. The number of pyridine rings is 1. The van der Waals surface area contributed by atoms with Gasteiger partial charge >= 0.3 is 0 Å². The second kappa shape index (κ2) is 10.1. The number of halogens is 1. The number of hydrogen-bond donors (Lipinski definition) is 1. The Balaban J connectivity index is 1.38. The SMILES string of the molecule is CS(=O)(=O)NC1CCN(c2ccccn2)CC1COC1CC=C(c2cccc(F)c2)CC1. The third kappa shape index (κ3) is 6.15. The van der Waals surface area contributed by atoms with E-state index in [-0.39, 0.29) is 23.9 Å². The number of hydrogen-bond acceptors (Lipinski definition) is 5. The van der Waals surface area contributed by atoms with E-state index in [1.807, 2.05) is 24.3 Å². The van der Waals surface area contributed by atoms with Crippen molar-refractivity contribution in [1.29, 1.82) is 0 Å². The van der Waals surface area contributed by atoms with Gasteiger partial charge in [-0.3, -0.25) is 0 Å². The minimum absolute atomic E-state index is 0.0223. The molecule has 1 aromatic heterocycles. The molecule has 2 aromatic rings. The minimum Gasteiger partial charge on any atom is -0.377 e. The van der Waals surface area contributed by atoms with Gasteiger partial charge in [-0.1, -0.05) is 24.3 Å². The van der Waals surface area contributed by atoms with Crippen LogP contribution >= 0.6 is 0 Å². The zero-order valence-electron chi connectivity index (χ0n) is 18.3. The largest absolute Gasteiger partial charge is 0.377 e. The first-order valence-corrected chi connectivity index (χ1v) is 13.0. The number of anilines is 1. The van der Waals surface area contributed by atoms with Crippen LogP contribution in [0.1, 0.15) is 31.2 Å². The van der Waals surface area contributed by atoms with Crippen LogP contribution in [0.2, 0.25) is 0 Å². The second-order valence-electron chi connectivity index (χ2n) is 8.65. The molecule has 172 valence electrons. The Bertz CT molecular complexity index is 1050. The molecule has 0 saturated carbocycles. The highest BCUT2D eigenvalue weighted by Gasteiger charge is 2.32. The number of sulfonamides is 1. The zero-order chi connectivity index (χ0) is 22.6. The molecule has 32 heavy (non-hydrogen) atoms. The molecular weight excluding hydrogens is 429 g/mol. The number of piperidine rings is 1. The summed E-state index contributed by atoms with van der Waals surface area (Å²) in [5, 5.41) is 0. The van der Waals surface area contributed by atoms with Gasteiger partial charge in [-0.05, 0) is 61.1 Å². The monoisotopic (exact) mass is 459 g/mol. The van der Waals surface area contributed by atoms with Crippen LogP contribution in [0.25, 0.3) is 5.57 Å². The Kier molecular flexibility index (Phi) is 7.23. The molecule has 2 heterocycles. The first-order valence-electron chi connectivity index (χ1n) is 11.1. The van der Waals surface area contributed by atoms with E-state index in [0.717, 1.165) is 42.8 Å². The zero-order valence-corrected chi connectivity index (χ0v) is 19.1. The summed E-state index contributed by atoms with van der Waals surface area (Å²) in [7, 11) is -3.30. The summed E-state index contributed by atoms with van der Waals surface area (Å²) in [5.41, 5.74) is 2.08. The quantitative estimate of drug-likeness (QED) is 0.685. The van der Waals surface area contributed by atoms with Gasteiger partial charge in [0, 0.05) is 31.2 Å². The molecule has 1 N–H and O–H groups in total. The topological polar surface area (TPSA) is 71.5 Å². The molecule has 8 heteroatoms. The molecule has 0 amide bonds. The molecule has 1 aromatic carbocycles. The van der Waals surface area contributed by atoms with E-state index in [9.17, 15) is 12.8 Å². The number of rotatable bonds is 7. The van der Waals surface area contributed by atoms with Crippen molar-refractivity contribution < 1.29 is 17.5 Å². The lowest BCUT2D eigenvalue weighted by Crippen LogP contribution is -2.52. The van der Waals surface area contributed by atoms with Gasteiger partial charge in [0.15, 0.2) is 0 Å². The fraction of sp³-hybridized carbons (Fsp3) is 0.458. The molecule has 0 spiro atoms. The molecule has 1 saturated heterocycles. The fourth-order valence-electron chi connectivity index (χ4n) is 4.55. The lowest BCUT2D eigenvalue weighted by atomic mass is 9.91.